The molecule has 1 N–H and O–H groups in total. The topological polar surface area (TPSA) is 41.5 Å². The van der Waals surface area contributed by atoms with Gasteiger partial charge in [0.1, 0.15) is 11.7 Å². The number of rotatable bonds is 2. The van der Waals surface area contributed by atoms with Gasteiger partial charge in [-0.15, -0.1) is 0 Å². The molecule has 0 unspecified atom stereocenters. The molecule has 0 bridgehead atoms. The number of nitrogens with zero attached hydrogens (tertiary/aromatic N) is 1. The molecule has 1 aliphatic heterocycles. The summed E-state index contributed by atoms with van der Waals surface area (Å²) in [6, 6.07) is 13.0. The number of amides is 1. The number of thioether (sulfide) groups is 1. The molecular formula is C16H10ClFN2OS. The van der Waals surface area contributed by atoms with Gasteiger partial charge >= 0.3 is 0 Å². The number of nitrogens with one attached hydrogen (secondary N) is 1. The predicted octanol–water partition coefficient (Wildman–Crippen LogP) is 5.01. The van der Waals surface area contributed by atoms with E-state index in [1.54, 1.807) is 24.3 Å². The lowest BCUT2D eigenvalue weighted by Crippen LogP contribution is -2.18. The first-order valence-corrected chi connectivity index (χ1v) is 7.60. The van der Waals surface area contributed by atoms with Crippen molar-refractivity contribution in [3.8, 4) is 0 Å². The van der Waals surface area contributed by atoms with Crippen molar-refractivity contribution in [1.29, 1.82) is 0 Å². The zero-order valence-corrected chi connectivity index (χ0v) is 12.8. The van der Waals surface area contributed by atoms with Crippen LogP contribution in [0.25, 0.3) is 6.08 Å². The number of hydrogen-bond donors (Lipinski definition) is 1. The minimum atomic E-state index is -0.328. The number of carbonyl (C=O) groups excluding carboxylic acids is 1. The largest absolute Gasteiger partial charge is 0.300 e. The van der Waals surface area contributed by atoms with E-state index in [1.165, 1.54) is 12.1 Å². The second-order valence-corrected chi connectivity index (χ2v) is 5.96. The highest BCUT2D eigenvalue weighted by molar-refractivity contribution is 8.18. The highest BCUT2D eigenvalue weighted by Gasteiger charge is 2.23. The third-order valence-electron chi connectivity index (χ3n) is 2.89. The summed E-state index contributed by atoms with van der Waals surface area (Å²) in [7, 11) is 0. The molecule has 0 aromatic heterocycles. The average Bonchev–Trinajstić information content (AvgIpc) is 2.83. The Morgan fingerprint density at radius 2 is 1.77 bits per heavy atom. The van der Waals surface area contributed by atoms with E-state index < -0.39 is 0 Å². The smallest absolute Gasteiger partial charge is 0.289 e. The number of amidine groups is 1. The number of carbonyl (C=O) groups is 1. The Morgan fingerprint density at radius 1 is 1.09 bits per heavy atom. The fraction of sp³-hybridized carbons (Fsp3) is 0. The van der Waals surface area contributed by atoms with Gasteiger partial charge in [-0.25, -0.2) is 9.38 Å². The molecule has 1 amide bonds. The van der Waals surface area contributed by atoms with E-state index in [0.29, 0.717) is 21.5 Å². The molecular weight excluding hydrogens is 323 g/mol. The molecule has 2 aromatic carbocycles. The van der Waals surface area contributed by atoms with Crippen molar-refractivity contribution < 1.29 is 9.18 Å². The Labute approximate surface area is 135 Å². The van der Waals surface area contributed by atoms with Gasteiger partial charge in [0.05, 0.1) is 10.6 Å². The Kier molecular flexibility index (Phi) is 4.27. The van der Waals surface area contributed by atoms with Gasteiger partial charge in [-0.2, -0.15) is 0 Å². The van der Waals surface area contributed by atoms with E-state index in [1.807, 2.05) is 18.2 Å². The van der Waals surface area contributed by atoms with Crippen molar-refractivity contribution >= 4 is 46.2 Å². The highest BCUT2D eigenvalue weighted by atomic mass is 35.5. The maximum atomic E-state index is 12.9. The molecule has 1 heterocycles. The molecule has 0 aliphatic carbocycles. The fourth-order valence-electron chi connectivity index (χ4n) is 1.87. The lowest BCUT2D eigenvalue weighted by molar-refractivity contribution is 0.265. The summed E-state index contributed by atoms with van der Waals surface area (Å²) < 4.78 is 12.9. The van der Waals surface area contributed by atoms with E-state index in [4.69, 9.17) is 11.6 Å². The molecule has 2 aromatic rings. The maximum Gasteiger partial charge on any atom is 0.289 e. The zero-order chi connectivity index (χ0) is 15.5. The van der Waals surface area contributed by atoms with Gasteiger partial charge in [0.15, 0.2) is 0 Å². The van der Waals surface area contributed by atoms with Crippen LogP contribution in [0.5, 0.6) is 0 Å². The van der Waals surface area contributed by atoms with Gasteiger partial charge in [-0.1, -0.05) is 23.7 Å². The van der Waals surface area contributed by atoms with Crippen molar-refractivity contribution in [2.24, 2.45) is 4.99 Å². The molecule has 0 saturated carbocycles. The predicted molar refractivity (Wildman–Crippen MR) is 89.0 cm³/mol. The number of aliphatic imine (C=N–C) groups is 1. The lowest BCUT2D eigenvalue weighted by atomic mass is 10.2. The van der Waals surface area contributed by atoms with Crippen molar-refractivity contribution in [3.05, 3.63) is 69.8 Å². The second-order valence-electron chi connectivity index (χ2n) is 4.51. The summed E-state index contributed by atoms with van der Waals surface area (Å²) in [5.41, 5.74) is 1.48. The van der Waals surface area contributed by atoms with Gasteiger partial charge in [-0.3, -0.25) is 4.79 Å². The van der Waals surface area contributed by atoms with Crippen LogP contribution in [0.4, 0.5) is 14.9 Å². The molecule has 6 heteroatoms. The van der Waals surface area contributed by atoms with Gasteiger partial charge in [0.25, 0.3) is 5.24 Å². The summed E-state index contributed by atoms with van der Waals surface area (Å²) in [6.45, 7) is 0. The van der Waals surface area contributed by atoms with Crippen LogP contribution in [0.1, 0.15) is 5.56 Å². The maximum absolute atomic E-state index is 12.9. The molecule has 0 radical (unpaired) electrons. The van der Waals surface area contributed by atoms with Gasteiger partial charge in [0, 0.05) is 5.02 Å². The Balaban J connectivity index is 1.93. The molecule has 22 heavy (non-hydrogen) atoms. The van der Waals surface area contributed by atoms with Crippen molar-refractivity contribution in [1.82, 2.24) is 5.32 Å². The molecule has 1 aliphatic rings. The Morgan fingerprint density at radius 3 is 2.45 bits per heavy atom. The van der Waals surface area contributed by atoms with Crippen molar-refractivity contribution in [2.45, 2.75) is 0 Å². The summed E-state index contributed by atoms with van der Waals surface area (Å²) in [5.74, 6) is 0.127. The van der Waals surface area contributed by atoms with E-state index in [2.05, 4.69) is 10.3 Å². The average molecular weight is 333 g/mol. The van der Waals surface area contributed by atoms with Crippen LogP contribution >= 0.6 is 23.4 Å². The minimum Gasteiger partial charge on any atom is -0.300 e. The van der Waals surface area contributed by atoms with Gasteiger partial charge in [0.2, 0.25) is 0 Å². The van der Waals surface area contributed by atoms with Crippen LogP contribution in [0.3, 0.4) is 0 Å². The Hall–Kier alpha value is -2.11. The summed E-state index contributed by atoms with van der Waals surface area (Å²) >= 11 is 6.92. The number of halogens is 2. The molecule has 1 saturated heterocycles. The molecule has 0 atom stereocenters. The first kappa shape index (κ1) is 14.8. The molecule has 110 valence electrons. The van der Waals surface area contributed by atoms with Crippen molar-refractivity contribution in [2.75, 3.05) is 0 Å². The lowest BCUT2D eigenvalue weighted by Gasteiger charge is -2.00. The quantitative estimate of drug-likeness (QED) is 0.840. The second kappa shape index (κ2) is 6.34. The highest BCUT2D eigenvalue weighted by Crippen LogP contribution is 2.28. The van der Waals surface area contributed by atoms with Crippen LogP contribution in [-0.4, -0.2) is 11.1 Å². The van der Waals surface area contributed by atoms with Crippen LogP contribution in [-0.2, 0) is 0 Å². The van der Waals surface area contributed by atoms with E-state index in [-0.39, 0.29) is 11.1 Å². The van der Waals surface area contributed by atoms with E-state index in [0.717, 1.165) is 17.3 Å². The molecule has 0 spiro atoms. The summed E-state index contributed by atoms with van der Waals surface area (Å²) in [4.78, 5) is 16.7. The van der Waals surface area contributed by atoms with Crippen LogP contribution in [0, 0.1) is 5.82 Å². The normalized spacial score (nSPS) is 18.0. The van der Waals surface area contributed by atoms with Gasteiger partial charge < -0.3 is 5.32 Å². The third kappa shape index (κ3) is 3.55. The molecule has 3 nitrogen and oxygen atoms in total. The fourth-order valence-corrected chi connectivity index (χ4v) is 2.73. The monoisotopic (exact) mass is 332 g/mol. The molecule has 3 rings (SSSR count). The number of hydrogen-bond acceptors (Lipinski definition) is 3. The van der Waals surface area contributed by atoms with Crippen molar-refractivity contribution in [3.63, 3.8) is 0 Å². The first-order valence-electron chi connectivity index (χ1n) is 6.41. The van der Waals surface area contributed by atoms with Crippen LogP contribution < -0.4 is 5.32 Å². The molecule has 1 fully saturated rings. The zero-order valence-electron chi connectivity index (χ0n) is 11.2. The SMILES string of the molecule is O=C1NC(=Nc2ccc(F)cc2)/C(=C/c2ccc(Cl)cc2)S1. The standard InChI is InChI=1S/C16H10ClFN2OS/c17-11-3-1-10(2-4-11)9-14-15(20-16(21)22-14)19-13-7-5-12(18)6-8-13/h1-9H,(H,19,20,21)/b14-9-. The minimum absolute atomic E-state index is 0.193. The number of benzene rings is 2. The van der Waals surface area contributed by atoms with Crippen LogP contribution in [0.15, 0.2) is 58.4 Å². The Bertz CT molecular complexity index is 704. The summed E-state index contributed by atoms with van der Waals surface area (Å²) in [6.07, 6.45) is 1.85. The third-order valence-corrected chi connectivity index (χ3v) is 3.96. The van der Waals surface area contributed by atoms with Crippen LogP contribution in [0.2, 0.25) is 5.02 Å². The van der Waals surface area contributed by atoms with Gasteiger partial charge in [-0.05, 0) is 59.8 Å². The van der Waals surface area contributed by atoms with E-state index in [9.17, 15) is 9.18 Å². The van der Waals surface area contributed by atoms with E-state index >= 15 is 0 Å². The summed E-state index contributed by atoms with van der Waals surface area (Å²) in [5, 5.41) is 3.14. The first-order chi connectivity index (χ1) is 10.6.